The number of ether oxygens (including phenoxy) is 1. The highest BCUT2D eigenvalue weighted by Gasteiger charge is 2.20. The van der Waals surface area contributed by atoms with Gasteiger partial charge in [-0.1, -0.05) is 0 Å². The minimum atomic E-state index is -0.164. The lowest BCUT2D eigenvalue weighted by Gasteiger charge is -2.22. The van der Waals surface area contributed by atoms with Crippen LogP contribution in [0.5, 0.6) is 0 Å². The molecule has 1 saturated heterocycles. The molecule has 0 aromatic carbocycles. The van der Waals surface area contributed by atoms with Crippen molar-refractivity contribution < 1.29 is 9.53 Å². The van der Waals surface area contributed by atoms with Crippen molar-refractivity contribution in [1.82, 2.24) is 15.5 Å². The molecule has 0 radical (unpaired) electrons. The monoisotopic (exact) mass is 229 g/mol. The summed E-state index contributed by atoms with van der Waals surface area (Å²) in [6.45, 7) is 3.78. The van der Waals surface area contributed by atoms with Gasteiger partial charge in [-0.25, -0.2) is 0 Å². The molecule has 1 unspecified atom stereocenters. The zero-order valence-electron chi connectivity index (χ0n) is 10.3. The van der Waals surface area contributed by atoms with Crippen LogP contribution in [0.3, 0.4) is 0 Å². The summed E-state index contributed by atoms with van der Waals surface area (Å²) < 4.78 is 5.23. The molecule has 0 saturated carbocycles. The van der Waals surface area contributed by atoms with Gasteiger partial charge in [0.05, 0.1) is 13.2 Å². The quantitative estimate of drug-likeness (QED) is 0.599. The summed E-state index contributed by atoms with van der Waals surface area (Å²) in [6.07, 6.45) is 2.14. The van der Waals surface area contributed by atoms with E-state index in [0.29, 0.717) is 13.2 Å². The van der Waals surface area contributed by atoms with Crippen LogP contribution in [-0.4, -0.2) is 63.8 Å². The average molecular weight is 229 g/mol. The van der Waals surface area contributed by atoms with Gasteiger partial charge in [0.25, 0.3) is 0 Å². The fourth-order valence-electron chi connectivity index (χ4n) is 1.62. The maximum atomic E-state index is 11.6. The second-order valence-corrected chi connectivity index (χ2v) is 4.38. The Kier molecular flexibility index (Phi) is 6.37. The van der Waals surface area contributed by atoms with E-state index in [9.17, 15) is 4.79 Å². The third kappa shape index (κ3) is 5.44. The molecule has 1 rings (SSSR count). The molecule has 16 heavy (non-hydrogen) atoms. The molecular formula is C11H23N3O2. The summed E-state index contributed by atoms with van der Waals surface area (Å²) >= 11 is 0. The van der Waals surface area contributed by atoms with Crippen LogP contribution >= 0.6 is 0 Å². The highest BCUT2D eigenvalue weighted by Crippen LogP contribution is 1.94. The van der Waals surface area contributed by atoms with Crippen LogP contribution in [0.4, 0.5) is 0 Å². The van der Waals surface area contributed by atoms with Gasteiger partial charge in [0, 0.05) is 13.1 Å². The molecule has 5 heteroatoms. The second kappa shape index (κ2) is 7.60. The topological polar surface area (TPSA) is 53.6 Å². The van der Waals surface area contributed by atoms with Gasteiger partial charge in [-0.15, -0.1) is 0 Å². The van der Waals surface area contributed by atoms with E-state index in [0.717, 1.165) is 32.5 Å². The molecule has 1 amide bonds. The molecule has 1 heterocycles. The van der Waals surface area contributed by atoms with E-state index >= 15 is 0 Å². The lowest BCUT2D eigenvalue weighted by molar-refractivity contribution is -0.125. The third-order valence-corrected chi connectivity index (χ3v) is 2.57. The fraction of sp³-hybridized carbons (Fsp3) is 0.909. The Morgan fingerprint density at radius 3 is 2.94 bits per heavy atom. The molecule has 1 aliphatic rings. The Morgan fingerprint density at radius 1 is 1.50 bits per heavy atom. The minimum Gasteiger partial charge on any atom is -0.378 e. The van der Waals surface area contributed by atoms with E-state index in [1.807, 2.05) is 0 Å². The van der Waals surface area contributed by atoms with Crippen LogP contribution < -0.4 is 10.6 Å². The molecule has 94 valence electrons. The largest absolute Gasteiger partial charge is 0.378 e. The smallest absolute Gasteiger partial charge is 0.239 e. The van der Waals surface area contributed by atoms with E-state index in [1.165, 1.54) is 0 Å². The number of rotatable bonds is 6. The summed E-state index contributed by atoms with van der Waals surface area (Å²) in [5.74, 6) is 0.0598. The van der Waals surface area contributed by atoms with E-state index in [1.54, 1.807) is 0 Å². The van der Waals surface area contributed by atoms with Crippen molar-refractivity contribution in [3.05, 3.63) is 0 Å². The first-order valence-corrected chi connectivity index (χ1v) is 5.93. The minimum absolute atomic E-state index is 0.0598. The number of hydrogen-bond donors (Lipinski definition) is 2. The number of nitrogens with one attached hydrogen (secondary N) is 2. The molecule has 1 aliphatic heterocycles. The van der Waals surface area contributed by atoms with Gasteiger partial charge < -0.3 is 20.3 Å². The molecule has 0 aromatic rings. The summed E-state index contributed by atoms with van der Waals surface area (Å²) in [4.78, 5) is 13.8. The number of morpholine rings is 1. The Bertz CT molecular complexity index is 203. The van der Waals surface area contributed by atoms with E-state index in [2.05, 4.69) is 29.6 Å². The van der Waals surface area contributed by atoms with Gasteiger partial charge in [0.15, 0.2) is 0 Å². The van der Waals surface area contributed by atoms with Crippen molar-refractivity contribution >= 4 is 5.91 Å². The van der Waals surface area contributed by atoms with Crippen molar-refractivity contribution in [3.63, 3.8) is 0 Å². The summed E-state index contributed by atoms with van der Waals surface area (Å²) in [7, 11) is 4.11. The molecule has 1 atom stereocenters. The van der Waals surface area contributed by atoms with E-state index in [4.69, 9.17) is 4.74 Å². The Hall–Kier alpha value is -0.650. The lowest BCUT2D eigenvalue weighted by atomic mass is 10.2. The highest BCUT2D eigenvalue weighted by atomic mass is 16.5. The number of hydrogen-bond acceptors (Lipinski definition) is 4. The number of nitrogens with zero attached hydrogens (tertiary/aromatic N) is 1. The number of carbonyl (C=O) groups is 1. The van der Waals surface area contributed by atoms with Gasteiger partial charge in [0.1, 0.15) is 6.04 Å². The van der Waals surface area contributed by atoms with Gasteiger partial charge >= 0.3 is 0 Å². The molecule has 2 N–H and O–H groups in total. The number of carbonyl (C=O) groups excluding carboxylic acids is 1. The summed E-state index contributed by atoms with van der Waals surface area (Å²) in [6, 6.07) is -0.164. The molecule has 5 nitrogen and oxygen atoms in total. The fourth-order valence-corrected chi connectivity index (χ4v) is 1.62. The maximum Gasteiger partial charge on any atom is 0.239 e. The van der Waals surface area contributed by atoms with Crippen LogP contribution in [0.1, 0.15) is 12.8 Å². The van der Waals surface area contributed by atoms with Gasteiger partial charge in [-0.2, -0.15) is 0 Å². The Labute approximate surface area is 97.5 Å². The van der Waals surface area contributed by atoms with Gasteiger partial charge in [-0.3, -0.25) is 4.79 Å². The third-order valence-electron chi connectivity index (χ3n) is 2.57. The van der Waals surface area contributed by atoms with Crippen LogP contribution in [-0.2, 0) is 9.53 Å². The zero-order valence-corrected chi connectivity index (χ0v) is 10.3. The van der Waals surface area contributed by atoms with Gasteiger partial charge in [-0.05, 0) is 33.5 Å². The van der Waals surface area contributed by atoms with Crippen molar-refractivity contribution in [3.8, 4) is 0 Å². The summed E-state index contributed by atoms with van der Waals surface area (Å²) in [5, 5.41) is 6.06. The van der Waals surface area contributed by atoms with Crippen molar-refractivity contribution in [2.45, 2.75) is 18.9 Å². The van der Waals surface area contributed by atoms with E-state index < -0.39 is 0 Å². The number of unbranched alkanes of at least 4 members (excludes halogenated alkanes) is 1. The predicted molar refractivity (Wildman–Crippen MR) is 63.4 cm³/mol. The standard InChI is InChI=1S/C11H23N3O2/c1-14(2)7-4-3-5-13-11(15)10-9-16-8-6-12-10/h10,12H,3-9H2,1-2H3,(H,13,15). The molecule has 0 spiro atoms. The molecular weight excluding hydrogens is 206 g/mol. The van der Waals surface area contributed by atoms with Crippen molar-refractivity contribution in [1.29, 1.82) is 0 Å². The van der Waals surface area contributed by atoms with Crippen LogP contribution in [0, 0.1) is 0 Å². The Balaban J connectivity index is 2.01. The van der Waals surface area contributed by atoms with Crippen LogP contribution in [0.15, 0.2) is 0 Å². The van der Waals surface area contributed by atoms with Crippen molar-refractivity contribution in [2.24, 2.45) is 0 Å². The zero-order chi connectivity index (χ0) is 11.8. The highest BCUT2D eigenvalue weighted by molar-refractivity contribution is 5.81. The average Bonchev–Trinajstić information content (AvgIpc) is 2.29. The normalized spacial score (nSPS) is 21.1. The predicted octanol–water partition coefficient (Wildman–Crippen LogP) is -0.567. The molecule has 0 aliphatic carbocycles. The second-order valence-electron chi connectivity index (χ2n) is 4.38. The molecule has 0 aromatic heterocycles. The SMILES string of the molecule is CN(C)CCCCNC(=O)C1COCCN1. The number of amides is 1. The first kappa shape index (κ1) is 13.4. The molecule has 0 bridgehead atoms. The first-order valence-electron chi connectivity index (χ1n) is 5.93. The molecule has 1 fully saturated rings. The lowest BCUT2D eigenvalue weighted by Crippen LogP contribution is -2.51. The maximum absolute atomic E-state index is 11.6. The summed E-state index contributed by atoms with van der Waals surface area (Å²) in [5.41, 5.74) is 0. The van der Waals surface area contributed by atoms with Crippen molar-refractivity contribution in [2.75, 3.05) is 46.9 Å². The van der Waals surface area contributed by atoms with E-state index in [-0.39, 0.29) is 11.9 Å². The van der Waals surface area contributed by atoms with Crippen LogP contribution in [0.25, 0.3) is 0 Å². The first-order chi connectivity index (χ1) is 7.70. The van der Waals surface area contributed by atoms with Gasteiger partial charge in [0.2, 0.25) is 5.91 Å². The van der Waals surface area contributed by atoms with Crippen LogP contribution in [0.2, 0.25) is 0 Å². The Morgan fingerprint density at radius 2 is 2.31 bits per heavy atom.